The van der Waals surface area contributed by atoms with Gasteiger partial charge in [-0.1, -0.05) is 25.1 Å². The van der Waals surface area contributed by atoms with Gasteiger partial charge in [-0.2, -0.15) is 0 Å². The molecule has 0 saturated heterocycles. The van der Waals surface area contributed by atoms with Gasteiger partial charge in [0, 0.05) is 5.75 Å². The predicted octanol–water partition coefficient (Wildman–Crippen LogP) is 3.27. The third kappa shape index (κ3) is 3.03. The molecule has 3 heteroatoms. The fourth-order valence-corrected chi connectivity index (χ4v) is 3.23. The summed E-state index contributed by atoms with van der Waals surface area (Å²) >= 11 is 1.53. The Bertz CT molecular complexity index is 415. The van der Waals surface area contributed by atoms with E-state index in [1.165, 1.54) is 47.7 Å². The summed E-state index contributed by atoms with van der Waals surface area (Å²) in [6, 6.07) is 6.61. The number of carbonyl (C=O) groups is 1. The van der Waals surface area contributed by atoms with E-state index >= 15 is 0 Å². The lowest BCUT2D eigenvalue weighted by atomic mass is 10.1. The third-order valence-corrected chi connectivity index (χ3v) is 4.70. The van der Waals surface area contributed by atoms with Crippen LogP contribution < -0.4 is 0 Å². The van der Waals surface area contributed by atoms with Gasteiger partial charge in [0.05, 0.1) is 0 Å². The van der Waals surface area contributed by atoms with Crippen molar-refractivity contribution >= 4 is 17.7 Å². The first-order valence-corrected chi connectivity index (χ1v) is 7.20. The van der Waals surface area contributed by atoms with Gasteiger partial charge in [-0.15, -0.1) is 11.8 Å². The number of hydrogen-bond donors (Lipinski definition) is 1. The zero-order chi connectivity index (χ0) is 12.3. The quantitative estimate of drug-likeness (QED) is 0.871. The molecule has 1 aliphatic rings. The van der Waals surface area contributed by atoms with Gasteiger partial charge in [-0.25, -0.2) is 0 Å². The first kappa shape index (κ1) is 12.5. The van der Waals surface area contributed by atoms with Crippen LogP contribution in [0.15, 0.2) is 18.2 Å². The van der Waals surface area contributed by atoms with Crippen LogP contribution in [0.5, 0.6) is 0 Å². The maximum Gasteiger partial charge on any atom is 0.316 e. The van der Waals surface area contributed by atoms with E-state index in [0.717, 1.165) is 5.75 Å². The summed E-state index contributed by atoms with van der Waals surface area (Å²) in [7, 11) is 0. The van der Waals surface area contributed by atoms with Crippen LogP contribution in [0.1, 0.15) is 36.5 Å². The Morgan fingerprint density at radius 3 is 2.88 bits per heavy atom. The van der Waals surface area contributed by atoms with Crippen LogP contribution in [0.2, 0.25) is 0 Å². The van der Waals surface area contributed by atoms with Crippen molar-refractivity contribution in [1.29, 1.82) is 0 Å². The number of fused-ring (bicyclic) bond motifs is 1. The van der Waals surface area contributed by atoms with Crippen molar-refractivity contribution in [3.05, 3.63) is 34.9 Å². The van der Waals surface area contributed by atoms with Gasteiger partial charge in [0.1, 0.15) is 5.25 Å². The van der Waals surface area contributed by atoms with E-state index in [1.54, 1.807) is 0 Å². The van der Waals surface area contributed by atoms with Crippen LogP contribution in [-0.4, -0.2) is 16.3 Å². The molecule has 0 saturated carbocycles. The average molecular weight is 250 g/mol. The van der Waals surface area contributed by atoms with E-state index in [0.29, 0.717) is 6.42 Å². The minimum absolute atomic E-state index is 0.275. The number of hydrogen-bond acceptors (Lipinski definition) is 2. The third-order valence-electron chi connectivity index (χ3n) is 3.26. The minimum Gasteiger partial charge on any atom is -0.480 e. The van der Waals surface area contributed by atoms with Crippen molar-refractivity contribution < 1.29 is 9.90 Å². The first-order chi connectivity index (χ1) is 8.20. The zero-order valence-electron chi connectivity index (χ0n) is 10.1. The second kappa shape index (κ2) is 5.58. The second-order valence-electron chi connectivity index (χ2n) is 4.50. The average Bonchev–Trinajstić information content (AvgIpc) is 2.76. The number of carboxylic acids is 1. The van der Waals surface area contributed by atoms with Gasteiger partial charge in [0.2, 0.25) is 0 Å². The number of thioether (sulfide) groups is 1. The number of carboxylic acid groups (broad SMARTS) is 1. The molecular weight excluding hydrogens is 232 g/mol. The molecule has 1 aromatic carbocycles. The highest BCUT2D eigenvalue weighted by atomic mass is 32.2. The second-order valence-corrected chi connectivity index (χ2v) is 5.69. The molecule has 92 valence electrons. The lowest BCUT2D eigenvalue weighted by Crippen LogP contribution is -2.15. The maximum absolute atomic E-state index is 10.9. The molecule has 0 amide bonds. The number of benzene rings is 1. The molecule has 0 aliphatic heterocycles. The fourth-order valence-electron chi connectivity index (χ4n) is 2.28. The van der Waals surface area contributed by atoms with Crippen molar-refractivity contribution in [3.63, 3.8) is 0 Å². The van der Waals surface area contributed by atoms with Gasteiger partial charge in [0.15, 0.2) is 0 Å². The van der Waals surface area contributed by atoms with Crippen molar-refractivity contribution in [2.24, 2.45) is 0 Å². The van der Waals surface area contributed by atoms with Crippen LogP contribution in [0.25, 0.3) is 0 Å². The molecule has 17 heavy (non-hydrogen) atoms. The topological polar surface area (TPSA) is 37.3 Å². The Morgan fingerprint density at radius 1 is 1.41 bits per heavy atom. The highest BCUT2D eigenvalue weighted by molar-refractivity contribution is 7.99. The normalized spacial score (nSPS) is 15.6. The first-order valence-electron chi connectivity index (χ1n) is 6.15. The molecule has 0 aromatic heterocycles. The highest BCUT2D eigenvalue weighted by Crippen LogP contribution is 2.26. The van der Waals surface area contributed by atoms with Gasteiger partial charge >= 0.3 is 5.97 Å². The molecule has 1 atom stereocenters. The van der Waals surface area contributed by atoms with E-state index in [4.69, 9.17) is 5.11 Å². The molecule has 0 heterocycles. The molecule has 0 fully saturated rings. The van der Waals surface area contributed by atoms with E-state index in [2.05, 4.69) is 18.2 Å². The molecular formula is C14H18O2S. The van der Waals surface area contributed by atoms with Gasteiger partial charge < -0.3 is 5.11 Å². The molecule has 1 aromatic rings. The standard InChI is InChI=1S/C14H18O2S/c1-2-13(14(15)16)17-9-10-6-7-11-4-3-5-12(11)8-10/h6-8,13H,2-5,9H2,1H3,(H,15,16). The van der Waals surface area contributed by atoms with Gasteiger partial charge in [-0.3, -0.25) is 4.79 Å². The van der Waals surface area contributed by atoms with Crippen LogP contribution in [0.3, 0.4) is 0 Å². The largest absolute Gasteiger partial charge is 0.480 e. The molecule has 1 N–H and O–H groups in total. The zero-order valence-corrected chi connectivity index (χ0v) is 10.9. The summed E-state index contributed by atoms with van der Waals surface area (Å²) in [5.74, 6) is 0.108. The van der Waals surface area contributed by atoms with E-state index in [9.17, 15) is 4.79 Å². The SMILES string of the molecule is CCC(SCc1ccc2c(c1)CCC2)C(=O)O. The van der Waals surface area contributed by atoms with Crippen molar-refractivity contribution in [2.45, 2.75) is 43.6 Å². The number of rotatable bonds is 5. The Hall–Kier alpha value is -0.960. The van der Waals surface area contributed by atoms with E-state index in [1.807, 2.05) is 6.92 Å². The highest BCUT2D eigenvalue weighted by Gasteiger charge is 2.16. The minimum atomic E-state index is -0.696. The van der Waals surface area contributed by atoms with E-state index in [-0.39, 0.29) is 5.25 Å². The summed E-state index contributed by atoms with van der Waals surface area (Å²) in [5.41, 5.74) is 4.20. The van der Waals surface area contributed by atoms with Crippen LogP contribution in [-0.2, 0) is 23.4 Å². The molecule has 1 unspecified atom stereocenters. The van der Waals surface area contributed by atoms with Gasteiger partial charge in [0.25, 0.3) is 0 Å². The summed E-state index contributed by atoms with van der Waals surface area (Å²) in [5, 5.41) is 8.71. The van der Waals surface area contributed by atoms with Crippen molar-refractivity contribution in [2.75, 3.05) is 0 Å². The summed E-state index contributed by atoms with van der Waals surface area (Å²) in [6.07, 6.45) is 4.34. The molecule has 2 nitrogen and oxygen atoms in total. The Morgan fingerprint density at radius 2 is 2.18 bits per heavy atom. The fraction of sp³-hybridized carbons (Fsp3) is 0.500. The van der Waals surface area contributed by atoms with E-state index < -0.39 is 5.97 Å². The molecule has 2 rings (SSSR count). The van der Waals surface area contributed by atoms with Crippen LogP contribution in [0.4, 0.5) is 0 Å². The number of aryl methyl sites for hydroxylation is 2. The maximum atomic E-state index is 10.9. The Labute approximate surface area is 106 Å². The Balaban J connectivity index is 1.97. The monoisotopic (exact) mass is 250 g/mol. The molecule has 0 radical (unpaired) electrons. The number of aliphatic carboxylic acids is 1. The molecule has 0 bridgehead atoms. The van der Waals surface area contributed by atoms with Crippen LogP contribution in [0, 0.1) is 0 Å². The van der Waals surface area contributed by atoms with Crippen molar-refractivity contribution in [3.8, 4) is 0 Å². The van der Waals surface area contributed by atoms with Crippen LogP contribution >= 0.6 is 11.8 Å². The lowest BCUT2D eigenvalue weighted by Gasteiger charge is -2.10. The van der Waals surface area contributed by atoms with Crippen molar-refractivity contribution in [1.82, 2.24) is 0 Å². The predicted molar refractivity (Wildman–Crippen MR) is 71.5 cm³/mol. The summed E-state index contributed by atoms with van der Waals surface area (Å²) in [6.45, 7) is 1.93. The smallest absolute Gasteiger partial charge is 0.316 e. The summed E-state index contributed by atoms with van der Waals surface area (Å²) < 4.78 is 0. The molecule has 1 aliphatic carbocycles. The van der Waals surface area contributed by atoms with Gasteiger partial charge in [-0.05, 0) is 42.4 Å². The lowest BCUT2D eigenvalue weighted by molar-refractivity contribution is -0.136. The Kier molecular flexibility index (Phi) is 4.11. The molecule has 0 spiro atoms. The summed E-state index contributed by atoms with van der Waals surface area (Å²) in [4.78, 5) is 10.9.